The number of benzene rings is 1. The van der Waals surface area contributed by atoms with Gasteiger partial charge in [0.05, 0.1) is 13.2 Å². The molecule has 1 aliphatic heterocycles. The van der Waals surface area contributed by atoms with Crippen LogP contribution in [0.4, 0.5) is 5.69 Å². The summed E-state index contributed by atoms with van der Waals surface area (Å²) in [7, 11) is -1.50. The summed E-state index contributed by atoms with van der Waals surface area (Å²) in [6.07, 6.45) is 3.17. The summed E-state index contributed by atoms with van der Waals surface area (Å²) in [6.45, 7) is 3.35. The summed E-state index contributed by atoms with van der Waals surface area (Å²) in [4.78, 5) is 6.34. The van der Waals surface area contributed by atoms with Gasteiger partial charge >= 0.3 is 7.12 Å². The van der Waals surface area contributed by atoms with E-state index in [2.05, 4.69) is 22.0 Å². The topological polar surface area (TPSA) is 65.8 Å². The van der Waals surface area contributed by atoms with Crippen molar-refractivity contribution in [3.05, 3.63) is 42.7 Å². The van der Waals surface area contributed by atoms with Crippen LogP contribution in [0.15, 0.2) is 42.7 Å². The quantitative estimate of drug-likeness (QED) is 0.792. The SMILES string of the molecule is OB(O)c1cncc(-c2ccc(N3CCOCC3)cc2)c1. The number of hydrogen-bond donors (Lipinski definition) is 2. The van der Waals surface area contributed by atoms with Gasteiger partial charge in [-0.1, -0.05) is 18.2 Å². The average molecular weight is 284 g/mol. The minimum atomic E-state index is -1.50. The number of nitrogens with zero attached hydrogens (tertiary/aromatic N) is 2. The van der Waals surface area contributed by atoms with Crippen LogP contribution in [0.2, 0.25) is 0 Å². The van der Waals surface area contributed by atoms with Gasteiger partial charge in [0.25, 0.3) is 0 Å². The number of anilines is 1. The molecule has 2 heterocycles. The number of ether oxygens (including phenoxy) is 1. The Hall–Kier alpha value is -1.89. The zero-order valence-electron chi connectivity index (χ0n) is 11.6. The number of morpholine rings is 1. The van der Waals surface area contributed by atoms with Crippen molar-refractivity contribution in [2.45, 2.75) is 0 Å². The zero-order valence-corrected chi connectivity index (χ0v) is 11.6. The molecular weight excluding hydrogens is 267 g/mol. The van der Waals surface area contributed by atoms with Gasteiger partial charge < -0.3 is 19.7 Å². The molecule has 0 bridgehead atoms. The highest BCUT2D eigenvalue weighted by molar-refractivity contribution is 6.58. The largest absolute Gasteiger partial charge is 0.490 e. The second-order valence-corrected chi connectivity index (χ2v) is 5.03. The third-order valence-corrected chi connectivity index (χ3v) is 3.63. The fourth-order valence-corrected chi connectivity index (χ4v) is 2.44. The molecule has 3 rings (SSSR count). The molecule has 2 N–H and O–H groups in total. The lowest BCUT2D eigenvalue weighted by Gasteiger charge is -2.28. The molecule has 1 aromatic carbocycles. The first-order valence-electron chi connectivity index (χ1n) is 6.98. The molecule has 0 amide bonds. The van der Waals surface area contributed by atoms with Crippen molar-refractivity contribution in [3.63, 3.8) is 0 Å². The van der Waals surface area contributed by atoms with Crippen LogP contribution >= 0.6 is 0 Å². The van der Waals surface area contributed by atoms with Crippen LogP contribution in [0.5, 0.6) is 0 Å². The number of rotatable bonds is 3. The average Bonchev–Trinajstić information content (AvgIpc) is 2.56. The molecule has 0 spiro atoms. The summed E-state index contributed by atoms with van der Waals surface area (Å²) in [5, 5.41) is 18.4. The van der Waals surface area contributed by atoms with Gasteiger partial charge in [-0.15, -0.1) is 0 Å². The summed E-state index contributed by atoms with van der Waals surface area (Å²) in [5.41, 5.74) is 3.44. The molecule has 0 unspecified atom stereocenters. The Kier molecular flexibility index (Phi) is 4.19. The Morgan fingerprint density at radius 3 is 2.38 bits per heavy atom. The molecule has 0 atom stereocenters. The van der Waals surface area contributed by atoms with E-state index in [-0.39, 0.29) is 0 Å². The lowest BCUT2D eigenvalue weighted by atomic mass is 9.80. The van der Waals surface area contributed by atoms with Gasteiger partial charge in [0, 0.05) is 36.6 Å². The zero-order chi connectivity index (χ0) is 14.7. The number of hydrogen-bond acceptors (Lipinski definition) is 5. The highest BCUT2D eigenvalue weighted by atomic mass is 16.5. The summed E-state index contributed by atoms with van der Waals surface area (Å²) >= 11 is 0. The molecule has 0 radical (unpaired) electrons. The minimum absolute atomic E-state index is 0.393. The Labute approximate surface area is 124 Å². The van der Waals surface area contributed by atoms with Gasteiger partial charge in [-0.05, 0) is 23.3 Å². The second-order valence-electron chi connectivity index (χ2n) is 5.03. The molecule has 2 aromatic rings. The lowest BCUT2D eigenvalue weighted by molar-refractivity contribution is 0.122. The Balaban J connectivity index is 1.81. The summed E-state index contributed by atoms with van der Waals surface area (Å²) in [6, 6.07) is 9.93. The fourth-order valence-electron chi connectivity index (χ4n) is 2.44. The van der Waals surface area contributed by atoms with Crippen molar-refractivity contribution in [1.82, 2.24) is 4.98 Å². The van der Waals surface area contributed by atoms with Crippen LogP contribution in [-0.4, -0.2) is 48.5 Å². The van der Waals surface area contributed by atoms with Crippen molar-refractivity contribution in [2.75, 3.05) is 31.2 Å². The summed E-state index contributed by atoms with van der Waals surface area (Å²) in [5.74, 6) is 0. The van der Waals surface area contributed by atoms with Gasteiger partial charge in [0.2, 0.25) is 0 Å². The smallest absolute Gasteiger partial charge is 0.423 e. The highest BCUT2D eigenvalue weighted by Gasteiger charge is 2.13. The van der Waals surface area contributed by atoms with Crippen LogP contribution in [0.3, 0.4) is 0 Å². The first kappa shape index (κ1) is 14.1. The standard InChI is InChI=1S/C15H17BN2O3/c19-16(20)14-9-13(10-17-11-14)12-1-3-15(4-2-12)18-5-7-21-8-6-18/h1-4,9-11,19-20H,5-8H2. The maximum atomic E-state index is 9.21. The van der Waals surface area contributed by atoms with Crippen molar-refractivity contribution in [2.24, 2.45) is 0 Å². The van der Waals surface area contributed by atoms with E-state index in [1.165, 1.54) is 11.9 Å². The van der Waals surface area contributed by atoms with E-state index in [0.29, 0.717) is 5.46 Å². The van der Waals surface area contributed by atoms with Crippen molar-refractivity contribution >= 4 is 18.3 Å². The van der Waals surface area contributed by atoms with E-state index in [4.69, 9.17) is 4.74 Å². The molecule has 5 nitrogen and oxygen atoms in total. The van der Waals surface area contributed by atoms with Crippen LogP contribution in [0, 0.1) is 0 Å². The molecule has 0 saturated carbocycles. The van der Waals surface area contributed by atoms with Gasteiger partial charge in [0.1, 0.15) is 0 Å². The molecule has 1 saturated heterocycles. The van der Waals surface area contributed by atoms with E-state index >= 15 is 0 Å². The lowest BCUT2D eigenvalue weighted by Crippen LogP contribution is -2.36. The van der Waals surface area contributed by atoms with E-state index in [1.54, 1.807) is 12.3 Å². The van der Waals surface area contributed by atoms with Crippen molar-refractivity contribution in [3.8, 4) is 11.1 Å². The maximum absolute atomic E-state index is 9.21. The van der Waals surface area contributed by atoms with E-state index in [1.807, 2.05) is 12.1 Å². The van der Waals surface area contributed by atoms with Gasteiger partial charge in [0.15, 0.2) is 0 Å². The molecule has 1 aromatic heterocycles. The molecule has 21 heavy (non-hydrogen) atoms. The molecule has 0 aliphatic carbocycles. The maximum Gasteiger partial charge on any atom is 0.490 e. The molecule has 108 valence electrons. The normalized spacial score (nSPS) is 15.0. The van der Waals surface area contributed by atoms with Crippen LogP contribution in [-0.2, 0) is 4.74 Å². The predicted octanol–water partition coefficient (Wildman–Crippen LogP) is 0.265. The van der Waals surface area contributed by atoms with Crippen LogP contribution in [0.1, 0.15) is 0 Å². The van der Waals surface area contributed by atoms with Gasteiger partial charge in [-0.2, -0.15) is 0 Å². The van der Waals surface area contributed by atoms with E-state index < -0.39 is 7.12 Å². The Bertz CT molecular complexity index is 598. The Morgan fingerprint density at radius 2 is 1.71 bits per heavy atom. The van der Waals surface area contributed by atoms with E-state index in [9.17, 15) is 10.0 Å². The molecule has 6 heteroatoms. The highest BCUT2D eigenvalue weighted by Crippen LogP contribution is 2.22. The summed E-state index contributed by atoms with van der Waals surface area (Å²) < 4.78 is 5.35. The number of aromatic nitrogens is 1. The molecular formula is C15H17BN2O3. The van der Waals surface area contributed by atoms with Crippen LogP contribution in [0.25, 0.3) is 11.1 Å². The van der Waals surface area contributed by atoms with E-state index in [0.717, 1.165) is 37.4 Å². The van der Waals surface area contributed by atoms with Gasteiger partial charge in [-0.3, -0.25) is 4.98 Å². The van der Waals surface area contributed by atoms with Crippen molar-refractivity contribution < 1.29 is 14.8 Å². The van der Waals surface area contributed by atoms with Gasteiger partial charge in [-0.25, -0.2) is 0 Å². The third kappa shape index (κ3) is 3.24. The number of pyridine rings is 1. The second kappa shape index (κ2) is 6.26. The third-order valence-electron chi connectivity index (χ3n) is 3.63. The fraction of sp³-hybridized carbons (Fsp3) is 0.267. The first-order valence-corrected chi connectivity index (χ1v) is 6.98. The van der Waals surface area contributed by atoms with Crippen LogP contribution < -0.4 is 10.4 Å². The molecule has 1 aliphatic rings. The molecule has 1 fully saturated rings. The first-order chi connectivity index (χ1) is 10.2. The monoisotopic (exact) mass is 284 g/mol. The predicted molar refractivity (Wildman–Crippen MR) is 82.5 cm³/mol. The Morgan fingerprint density at radius 1 is 1.00 bits per heavy atom. The van der Waals surface area contributed by atoms with Crippen molar-refractivity contribution in [1.29, 1.82) is 0 Å². The minimum Gasteiger partial charge on any atom is -0.423 e.